The molecule has 1 N–H and O–H groups in total. The molecule has 0 bridgehead atoms. The van der Waals surface area contributed by atoms with Crippen LogP contribution < -0.4 is 15.0 Å². The quantitative estimate of drug-likeness (QED) is 0.339. The van der Waals surface area contributed by atoms with E-state index in [4.69, 9.17) is 26.3 Å². The summed E-state index contributed by atoms with van der Waals surface area (Å²) in [7, 11) is 0. The maximum absolute atomic E-state index is 12.8. The fourth-order valence-electron chi connectivity index (χ4n) is 3.96. The van der Waals surface area contributed by atoms with Crippen molar-refractivity contribution < 1.29 is 9.53 Å². The topological polar surface area (TPSA) is 85.2 Å². The van der Waals surface area contributed by atoms with E-state index >= 15 is 0 Å². The first-order valence-electron chi connectivity index (χ1n) is 11.7. The zero-order valence-electron chi connectivity index (χ0n) is 19.9. The van der Waals surface area contributed by atoms with E-state index in [1.165, 1.54) is 19.3 Å². The summed E-state index contributed by atoms with van der Waals surface area (Å²) in [5.74, 6) is 2.25. The number of ether oxygens (including phenoxy) is 1. The Balaban J connectivity index is 1.45. The Morgan fingerprint density at radius 2 is 1.91 bits per heavy atom. The van der Waals surface area contributed by atoms with Gasteiger partial charge in [-0.1, -0.05) is 30.3 Å². The van der Waals surface area contributed by atoms with E-state index in [2.05, 4.69) is 22.2 Å². The number of carbonyl (C=O) groups excluding carboxylic acids is 1. The Hall–Kier alpha value is -2.52. The van der Waals surface area contributed by atoms with Crippen molar-refractivity contribution in [2.75, 3.05) is 30.3 Å². The molecule has 0 aliphatic carbocycles. The molecule has 34 heavy (non-hydrogen) atoms. The number of carbonyl (C=O) groups is 1. The van der Waals surface area contributed by atoms with Crippen LogP contribution in [0.15, 0.2) is 35.6 Å². The molecule has 1 saturated heterocycles. The average Bonchev–Trinajstić information content (AvgIpc) is 3.23. The highest BCUT2D eigenvalue weighted by Gasteiger charge is 2.29. The van der Waals surface area contributed by atoms with Crippen LogP contribution in [0.2, 0.25) is 5.02 Å². The first-order valence-corrected chi connectivity index (χ1v) is 13.1. The lowest BCUT2D eigenvalue weighted by atomic mass is 10.1. The van der Waals surface area contributed by atoms with Gasteiger partial charge >= 0.3 is 0 Å². The van der Waals surface area contributed by atoms with Crippen molar-refractivity contribution in [3.05, 3.63) is 35.5 Å². The molecule has 1 aliphatic heterocycles. The average molecular weight is 503 g/mol. The number of benzene rings is 1. The summed E-state index contributed by atoms with van der Waals surface area (Å²) in [6, 6.07) is 6.97. The van der Waals surface area contributed by atoms with Crippen LogP contribution >= 0.6 is 23.4 Å². The van der Waals surface area contributed by atoms with Gasteiger partial charge in [0.1, 0.15) is 11.6 Å². The highest BCUT2D eigenvalue weighted by molar-refractivity contribution is 7.99. The van der Waals surface area contributed by atoms with E-state index in [0.717, 1.165) is 40.9 Å². The van der Waals surface area contributed by atoms with Crippen LogP contribution in [0.5, 0.6) is 5.75 Å². The van der Waals surface area contributed by atoms with Crippen LogP contribution in [0.4, 0.5) is 5.82 Å². The van der Waals surface area contributed by atoms with E-state index in [1.54, 1.807) is 49.9 Å². The molecule has 4 rings (SSSR count). The molecule has 1 aromatic carbocycles. The lowest BCUT2D eigenvalue weighted by Crippen LogP contribution is -2.47. The monoisotopic (exact) mass is 502 g/mol. The third-order valence-electron chi connectivity index (χ3n) is 5.73. The molecule has 182 valence electrons. The van der Waals surface area contributed by atoms with E-state index < -0.39 is 5.60 Å². The minimum Gasteiger partial charge on any atom is -0.478 e. The summed E-state index contributed by atoms with van der Waals surface area (Å²) in [5, 5.41) is 9.88. The predicted molar refractivity (Wildman–Crippen MR) is 137 cm³/mol. The number of piperidine rings is 1. The van der Waals surface area contributed by atoms with Crippen molar-refractivity contribution in [2.24, 2.45) is 0 Å². The van der Waals surface area contributed by atoms with Crippen LogP contribution in [-0.2, 0) is 11.3 Å². The fraction of sp³-hybridized carbons (Fsp3) is 0.500. The van der Waals surface area contributed by atoms with Crippen molar-refractivity contribution in [1.82, 2.24) is 25.1 Å². The predicted octanol–water partition coefficient (Wildman–Crippen LogP) is 4.56. The fourth-order valence-corrected chi connectivity index (χ4v) is 4.64. The second-order valence-electron chi connectivity index (χ2n) is 8.74. The SMILES string of the molecule is CCSc1nc(N2CCCCC2)c2cnn(CCNC(=O)C(C)(C)Oc3ccc(Cl)cc3)c2n1. The lowest BCUT2D eigenvalue weighted by Gasteiger charge is -2.28. The molecule has 0 spiro atoms. The molecule has 3 aromatic rings. The van der Waals surface area contributed by atoms with Gasteiger partial charge in [0.25, 0.3) is 5.91 Å². The van der Waals surface area contributed by atoms with E-state index in [9.17, 15) is 4.79 Å². The number of thioether (sulfide) groups is 1. The molecule has 2 aromatic heterocycles. The first kappa shape index (κ1) is 24.6. The van der Waals surface area contributed by atoms with Gasteiger partial charge in [0.15, 0.2) is 16.4 Å². The van der Waals surface area contributed by atoms with Crippen LogP contribution in [0.1, 0.15) is 40.0 Å². The van der Waals surface area contributed by atoms with Gasteiger partial charge in [-0.2, -0.15) is 5.10 Å². The number of hydrogen-bond acceptors (Lipinski definition) is 7. The third-order valence-corrected chi connectivity index (χ3v) is 6.71. The van der Waals surface area contributed by atoms with Gasteiger partial charge in [0.05, 0.1) is 18.1 Å². The molecule has 0 atom stereocenters. The van der Waals surface area contributed by atoms with E-state index in [1.807, 2.05) is 10.9 Å². The molecule has 0 radical (unpaired) electrons. The Morgan fingerprint density at radius 1 is 1.18 bits per heavy atom. The lowest BCUT2D eigenvalue weighted by molar-refractivity contribution is -0.134. The zero-order chi connectivity index (χ0) is 24.1. The Kier molecular flexibility index (Phi) is 7.83. The van der Waals surface area contributed by atoms with Crippen LogP contribution in [0.25, 0.3) is 11.0 Å². The Bertz CT molecular complexity index is 1130. The molecule has 0 unspecified atom stereocenters. The van der Waals surface area contributed by atoms with Gasteiger partial charge in [-0.15, -0.1) is 0 Å². The number of anilines is 1. The summed E-state index contributed by atoms with van der Waals surface area (Å²) in [6.07, 6.45) is 5.46. The van der Waals surface area contributed by atoms with Crippen LogP contribution in [-0.4, -0.2) is 56.6 Å². The molecule has 1 amide bonds. The number of rotatable bonds is 9. The molecule has 0 saturated carbocycles. The van der Waals surface area contributed by atoms with Crippen molar-refractivity contribution in [3.8, 4) is 5.75 Å². The van der Waals surface area contributed by atoms with Crippen molar-refractivity contribution >= 4 is 46.1 Å². The number of amides is 1. The summed E-state index contributed by atoms with van der Waals surface area (Å²) in [5.41, 5.74) is -0.230. The summed E-state index contributed by atoms with van der Waals surface area (Å²) >= 11 is 7.56. The van der Waals surface area contributed by atoms with Crippen LogP contribution in [0.3, 0.4) is 0 Å². The van der Waals surface area contributed by atoms with Gasteiger partial charge < -0.3 is 15.0 Å². The van der Waals surface area contributed by atoms with Gasteiger partial charge in [0, 0.05) is 24.7 Å². The second-order valence-corrected chi connectivity index (χ2v) is 10.4. The number of halogens is 1. The molecule has 1 fully saturated rings. The van der Waals surface area contributed by atoms with Gasteiger partial charge in [-0.05, 0) is 63.1 Å². The minimum absolute atomic E-state index is 0.204. The largest absolute Gasteiger partial charge is 0.478 e. The molecular formula is C24H31ClN6O2S. The normalized spacial score (nSPS) is 14.4. The number of aromatic nitrogens is 4. The maximum Gasteiger partial charge on any atom is 0.263 e. The first-order chi connectivity index (χ1) is 16.4. The molecular weight excluding hydrogens is 472 g/mol. The maximum atomic E-state index is 12.8. The van der Waals surface area contributed by atoms with Crippen molar-refractivity contribution in [2.45, 2.75) is 57.3 Å². The highest BCUT2D eigenvalue weighted by atomic mass is 35.5. The second kappa shape index (κ2) is 10.8. The van der Waals surface area contributed by atoms with Gasteiger partial charge in [0.2, 0.25) is 0 Å². The van der Waals surface area contributed by atoms with Gasteiger partial charge in [-0.25, -0.2) is 14.6 Å². The van der Waals surface area contributed by atoms with Crippen molar-refractivity contribution in [1.29, 1.82) is 0 Å². The zero-order valence-corrected chi connectivity index (χ0v) is 21.5. The summed E-state index contributed by atoms with van der Waals surface area (Å²) < 4.78 is 7.72. The number of nitrogens with zero attached hydrogens (tertiary/aromatic N) is 5. The van der Waals surface area contributed by atoms with E-state index in [-0.39, 0.29) is 5.91 Å². The number of nitrogens with one attached hydrogen (secondary N) is 1. The Labute approximate surface area is 209 Å². The molecule has 8 nitrogen and oxygen atoms in total. The van der Waals surface area contributed by atoms with Crippen molar-refractivity contribution in [3.63, 3.8) is 0 Å². The number of hydrogen-bond donors (Lipinski definition) is 1. The third kappa shape index (κ3) is 5.75. The minimum atomic E-state index is -1.03. The Morgan fingerprint density at radius 3 is 2.62 bits per heavy atom. The summed E-state index contributed by atoms with van der Waals surface area (Å²) in [4.78, 5) is 24.8. The smallest absolute Gasteiger partial charge is 0.263 e. The summed E-state index contributed by atoms with van der Waals surface area (Å²) in [6.45, 7) is 8.50. The van der Waals surface area contributed by atoms with E-state index in [0.29, 0.717) is 23.9 Å². The molecule has 1 aliphatic rings. The van der Waals surface area contributed by atoms with Crippen LogP contribution in [0, 0.1) is 0 Å². The number of fused-ring (bicyclic) bond motifs is 1. The highest BCUT2D eigenvalue weighted by Crippen LogP contribution is 2.29. The standard InChI is InChI=1S/C24H31ClN6O2S/c1-4-34-23-28-20(30-13-6-5-7-14-30)19-16-27-31(21(19)29-23)15-12-26-22(32)24(2,3)33-18-10-8-17(25)9-11-18/h8-11,16H,4-7,12-15H2,1-3H3,(H,26,32). The van der Waals surface area contributed by atoms with Gasteiger partial charge in [-0.3, -0.25) is 4.79 Å². The molecule has 3 heterocycles. The molecule has 10 heteroatoms.